The van der Waals surface area contributed by atoms with E-state index in [0.717, 1.165) is 13.1 Å². The van der Waals surface area contributed by atoms with E-state index in [4.69, 9.17) is 0 Å². The van der Waals surface area contributed by atoms with Crippen LogP contribution in [0.25, 0.3) is 0 Å². The van der Waals surface area contributed by atoms with Crippen molar-refractivity contribution < 1.29 is 0 Å². The van der Waals surface area contributed by atoms with Gasteiger partial charge in [0.2, 0.25) is 0 Å². The van der Waals surface area contributed by atoms with Crippen molar-refractivity contribution in [2.45, 2.75) is 63.3 Å². The maximum Gasteiger partial charge on any atom is 0.0951 e. The Balaban J connectivity index is 1.86. The highest BCUT2D eigenvalue weighted by Crippen LogP contribution is 2.37. The van der Waals surface area contributed by atoms with Crippen LogP contribution in [0.5, 0.6) is 0 Å². The number of nitrogens with zero attached hydrogens (tertiary/aromatic N) is 2. The van der Waals surface area contributed by atoms with E-state index in [1.54, 1.807) is 0 Å². The Morgan fingerprint density at radius 2 is 2.11 bits per heavy atom. The number of hydrogen-bond acceptors (Lipinski definition) is 3. The maximum absolute atomic E-state index is 4.26. The molecule has 3 nitrogen and oxygen atoms in total. The molecule has 1 N–H and O–H groups in total. The van der Waals surface area contributed by atoms with Crippen molar-refractivity contribution in [3.8, 4) is 0 Å². The van der Waals surface area contributed by atoms with Gasteiger partial charge in [0, 0.05) is 30.1 Å². The van der Waals surface area contributed by atoms with Crippen LogP contribution in [0, 0.1) is 0 Å². The van der Waals surface area contributed by atoms with Gasteiger partial charge in [0.15, 0.2) is 0 Å². The zero-order valence-corrected chi connectivity index (χ0v) is 13.3. The second-order valence-corrected chi connectivity index (χ2v) is 7.21. The van der Waals surface area contributed by atoms with E-state index in [2.05, 4.69) is 46.7 Å². The molecule has 1 fully saturated rings. The molecule has 0 spiro atoms. The van der Waals surface area contributed by atoms with Gasteiger partial charge in [0.25, 0.3) is 0 Å². The monoisotopic (exact) mass is 281 g/mol. The van der Waals surface area contributed by atoms with Crippen molar-refractivity contribution in [1.82, 2.24) is 14.9 Å². The normalized spacial score (nSPS) is 18.9. The first kappa shape index (κ1) is 14.9. The van der Waals surface area contributed by atoms with Crippen molar-refractivity contribution >= 4 is 11.8 Å². The third kappa shape index (κ3) is 3.76. The number of rotatable bonds is 6. The van der Waals surface area contributed by atoms with E-state index in [1.807, 2.05) is 12.5 Å². The number of thioether (sulfide) groups is 1. The quantitative estimate of drug-likeness (QED) is 0.863. The first-order valence-corrected chi connectivity index (χ1v) is 8.66. The Bertz CT molecular complexity index is 380. The van der Waals surface area contributed by atoms with Gasteiger partial charge in [-0.2, -0.15) is 11.8 Å². The average molecular weight is 281 g/mol. The Morgan fingerprint density at radius 3 is 2.74 bits per heavy atom. The zero-order valence-electron chi connectivity index (χ0n) is 12.5. The van der Waals surface area contributed by atoms with Gasteiger partial charge in [-0.05, 0) is 32.9 Å². The molecule has 0 unspecified atom stereocenters. The summed E-state index contributed by atoms with van der Waals surface area (Å²) in [5.74, 6) is 0. The topological polar surface area (TPSA) is 29.9 Å². The summed E-state index contributed by atoms with van der Waals surface area (Å²) >= 11 is 2.06. The molecule has 1 aliphatic rings. The van der Waals surface area contributed by atoms with Crippen LogP contribution in [0.15, 0.2) is 12.5 Å². The molecule has 1 aromatic heterocycles. The molecule has 0 aliphatic heterocycles. The number of aromatic nitrogens is 2. The van der Waals surface area contributed by atoms with Gasteiger partial charge < -0.3 is 9.88 Å². The van der Waals surface area contributed by atoms with E-state index >= 15 is 0 Å². The van der Waals surface area contributed by atoms with Gasteiger partial charge in [0.1, 0.15) is 0 Å². The standard InChI is InChI=1S/C15H27N3S/c1-13(2)18-12-17-10-14(18)9-16-11-15(19-3)7-5-4-6-8-15/h10,12-13,16H,4-9,11H2,1-3H3. The maximum atomic E-state index is 4.26. The van der Waals surface area contributed by atoms with Crippen LogP contribution in [0.1, 0.15) is 57.7 Å². The lowest BCUT2D eigenvalue weighted by Gasteiger charge is -2.36. The van der Waals surface area contributed by atoms with Crippen LogP contribution in [0.3, 0.4) is 0 Å². The SMILES string of the molecule is CSC1(CNCc2cncn2C(C)C)CCCCC1. The minimum absolute atomic E-state index is 0.473. The smallest absolute Gasteiger partial charge is 0.0951 e. The Kier molecular flexibility index (Phi) is 5.34. The summed E-state index contributed by atoms with van der Waals surface area (Å²) in [5, 5.41) is 3.66. The summed E-state index contributed by atoms with van der Waals surface area (Å²) < 4.78 is 2.72. The van der Waals surface area contributed by atoms with Gasteiger partial charge in [-0.25, -0.2) is 4.98 Å². The first-order valence-electron chi connectivity index (χ1n) is 7.43. The molecule has 0 amide bonds. The van der Waals surface area contributed by atoms with E-state index in [-0.39, 0.29) is 0 Å². The number of hydrogen-bond donors (Lipinski definition) is 1. The third-order valence-corrected chi connectivity index (χ3v) is 5.67. The molecular formula is C15H27N3S. The van der Waals surface area contributed by atoms with Crippen molar-refractivity contribution in [3.05, 3.63) is 18.2 Å². The van der Waals surface area contributed by atoms with Crippen LogP contribution in [0.4, 0.5) is 0 Å². The molecule has 4 heteroatoms. The highest BCUT2D eigenvalue weighted by atomic mass is 32.2. The average Bonchev–Trinajstić information content (AvgIpc) is 2.88. The Morgan fingerprint density at radius 1 is 1.37 bits per heavy atom. The molecule has 1 aliphatic carbocycles. The van der Waals surface area contributed by atoms with E-state index < -0.39 is 0 Å². The fourth-order valence-electron chi connectivity index (χ4n) is 3.00. The lowest BCUT2D eigenvalue weighted by molar-refractivity contribution is 0.377. The van der Waals surface area contributed by atoms with Crippen molar-refractivity contribution in [2.75, 3.05) is 12.8 Å². The molecule has 0 bridgehead atoms. The predicted molar refractivity (Wildman–Crippen MR) is 83.6 cm³/mol. The summed E-state index contributed by atoms with van der Waals surface area (Å²) in [6, 6.07) is 0.489. The molecule has 1 heterocycles. The molecule has 0 saturated heterocycles. The fraction of sp³-hybridized carbons (Fsp3) is 0.800. The second-order valence-electron chi connectivity index (χ2n) is 5.94. The van der Waals surface area contributed by atoms with Crippen LogP contribution in [-0.4, -0.2) is 27.1 Å². The summed E-state index contributed by atoms with van der Waals surface area (Å²) in [7, 11) is 0. The number of nitrogens with one attached hydrogen (secondary N) is 1. The molecule has 1 saturated carbocycles. The molecular weight excluding hydrogens is 254 g/mol. The van der Waals surface area contributed by atoms with Gasteiger partial charge >= 0.3 is 0 Å². The lowest BCUT2D eigenvalue weighted by atomic mass is 9.88. The molecule has 0 aromatic carbocycles. The summed E-state index contributed by atoms with van der Waals surface area (Å²) in [5.41, 5.74) is 1.29. The van der Waals surface area contributed by atoms with Gasteiger partial charge in [-0.3, -0.25) is 0 Å². The van der Waals surface area contributed by atoms with Crippen molar-refractivity contribution in [1.29, 1.82) is 0 Å². The van der Waals surface area contributed by atoms with Crippen LogP contribution >= 0.6 is 11.8 Å². The van der Waals surface area contributed by atoms with Gasteiger partial charge in [0.05, 0.1) is 12.0 Å². The van der Waals surface area contributed by atoms with Gasteiger partial charge in [-0.1, -0.05) is 19.3 Å². The lowest BCUT2D eigenvalue weighted by Crippen LogP contribution is -2.39. The summed E-state index contributed by atoms with van der Waals surface area (Å²) in [6.07, 6.45) is 13.1. The Hall–Kier alpha value is -0.480. The minimum Gasteiger partial charge on any atom is -0.331 e. The molecule has 0 atom stereocenters. The summed E-state index contributed by atoms with van der Waals surface area (Å²) in [4.78, 5) is 4.26. The highest BCUT2D eigenvalue weighted by molar-refractivity contribution is 8.00. The fourth-order valence-corrected chi connectivity index (χ4v) is 3.94. The first-order chi connectivity index (χ1) is 9.17. The largest absolute Gasteiger partial charge is 0.331 e. The third-order valence-electron chi connectivity index (χ3n) is 4.25. The van der Waals surface area contributed by atoms with E-state index in [0.29, 0.717) is 10.8 Å². The molecule has 108 valence electrons. The molecule has 0 radical (unpaired) electrons. The molecule has 19 heavy (non-hydrogen) atoms. The minimum atomic E-state index is 0.473. The second kappa shape index (κ2) is 6.80. The van der Waals surface area contributed by atoms with Crippen molar-refractivity contribution in [3.63, 3.8) is 0 Å². The van der Waals surface area contributed by atoms with Crippen LogP contribution in [0.2, 0.25) is 0 Å². The van der Waals surface area contributed by atoms with E-state index in [1.165, 1.54) is 37.8 Å². The Labute approximate surface area is 121 Å². The molecule has 1 aromatic rings. The van der Waals surface area contributed by atoms with Crippen LogP contribution < -0.4 is 5.32 Å². The van der Waals surface area contributed by atoms with Crippen molar-refractivity contribution in [2.24, 2.45) is 0 Å². The van der Waals surface area contributed by atoms with Crippen LogP contribution in [-0.2, 0) is 6.54 Å². The number of imidazole rings is 1. The molecule has 2 rings (SSSR count). The zero-order chi connectivity index (χ0) is 13.7. The predicted octanol–water partition coefficient (Wildman–Crippen LogP) is 3.62. The van der Waals surface area contributed by atoms with E-state index in [9.17, 15) is 0 Å². The van der Waals surface area contributed by atoms with Gasteiger partial charge in [-0.15, -0.1) is 0 Å². The summed E-state index contributed by atoms with van der Waals surface area (Å²) in [6.45, 7) is 6.46. The highest BCUT2D eigenvalue weighted by Gasteiger charge is 2.30.